The van der Waals surface area contributed by atoms with Crippen LogP contribution in [0.1, 0.15) is 15.9 Å². The highest BCUT2D eigenvalue weighted by molar-refractivity contribution is 7.92. The van der Waals surface area contributed by atoms with Crippen LogP contribution in [0.4, 0.5) is 11.4 Å². The molecular weight excluding hydrogens is 412 g/mol. The first-order valence-corrected chi connectivity index (χ1v) is 10.5. The van der Waals surface area contributed by atoms with E-state index in [2.05, 4.69) is 10.0 Å². The number of hydrogen-bond acceptors (Lipinski definition) is 4. The summed E-state index contributed by atoms with van der Waals surface area (Å²) in [5.41, 5.74) is 2.22. The summed E-state index contributed by atoms with van der Waals surface area (Å²) in [6, 6.07) is 17.6. The van der Waals surface area contributed by atoms with Crippen molar-refractivity contribution in [2.24, 2.45) is 0 Å². The number of benzene rings is 3. The third kappa shape index (κ3) is 5.07. The van der Waals surface area contributed by atoms with E-state index in [-0.39, 0.29) is 10.5 Å². The molecule has 3 aromatic rings. The first-order chi connectivity index (χ1) is 13.8. The van der Waals surface area contributed by atoms with Crippen LogP contribution in [0.15, 0.2) is 71.6 Å². The van der Waals surface area contributed by atoms with Crippen molar-refractivity contribution in [2.45, 2.75) is 11.8 Å². The highest BCUT2D eigenvalue weighted by Gasteiger charge is 2.16. The third-order valence-electron chi connectivity index (χ3n) is 4.13. The second-order valence-electron chi connectivity index (χ2n) is 6.29. The Morgan fingerprint density at radius 3 is 2.17 bits per heavy atom. The zero-order valence-corrected chi connectivity index (χ0v) is 17.3. The van der Waals surface area contributed by atoms with E-state index in [1.54, 1.807) is 24.3 Å². The number of sulfonamides is 1. The first-order valence-electron chi connectivity index (χ1n) is 8.63. The lowest BCUT2D eigenvalue weighted by molar-refractivity contribution is 0.102. The molecule has 150 valence electrons. The molecule has 3 rings (SSSR count). The minimum Gasteiger partial charge on any atom is -0.496 e. The summed E-state index contributed by atoms with van der Waals surface area (Å²) in [7, 11) is -2.28. The second-order valence-corrected chi connectivity index (χ2v) is 8.41. The second kappa shape index (κ2) is 8.55. The molecule has 0 aliphatic rings. The molecule has 0 fully saturated rings. The van der Waals surface area contributed by atoms with Crippen molar-refractivity contribution in [3.63, 3.8) is 0 Å². The molecule has 0 spiro atoms. The Morgan fingerprint density at radius 1 is 0.931 bits per heavy atom. The van der Waals surface area contributed by atoms with E-state index in [0.717, 1.165) is 5.56 Å². The summed E-state index contributed by atoms with van der Waals surface area (Å²) >= 11 is 5.96. The number of nitrogens with one attached hydrogen (secondary N) is 2. The van der Waals surface area contributed by atoms with Gasteiger partial charge in [0.1, 0.15) is 5.75 Å². The highest BCUT2D eigenvalue weighted by Crippen LogP contribution is 2.24. The summed E-state index contributed by atoms with van der Waals surface area (Å²) in [5, 5.41) is 3.10. The molecule has 6 nitrogen and oxygen atoms in total. The van der Waals surface area contributed by atoms with Gasteiger partial charge >= 0.3 is 0 Å². The fraction of sp³-hybridized carbons (Fsp3) is 0.0952. The van der Waals surface area contributed by atoms with Crippen LogP contribution in [0.25, 0.3) is 0 Å². The maximum atomic E-state index is 12.5. The van der Waals surface area contributed by atoms with Crippen LogP contribution in [0.3, 0.4) is 0 Å². The number of rotatable bonds is 6. The van der Waals surface area contributed by atoms with Gasteiger partial charge in [-0.1, -0.05) is 29.3 Å². The maximum Gasteiger partial charge on any atom is 0.261 e. The van der Waals surface area contributed by atoms with Crippen LogP contribution in [0, 0.1) is 6.92 Å². The molecule has 0 saturated carbocycles. The zero-order valence-electron chi connectivity index (χ0n) is 15.8. The van der Waals surface area contributed by atoms with Gasteiger partial charge in [-0.25, -0.2) is 8.42 Å². The van der Waals surface area contributed by atoms with Gasteiger partial charge in [0.15, 0.2) is 0 Å². The topological polar surface area (TPSA) is 84.5 Å². The van der Waals surface area contributed by atoms with Crippen molar-refractivity contribution in [1.29, 1.82) is 0 Å². The SMILES string of the molecule is COc1ccc(Cl)cc1C(=O)Nc1ccc(S(=O)(=O)Nc2ccc(C)cc2)cc1. The molecule has 3 aromatic carbocycles. The van der Waals surface area contributed by atoms with Crippen molar-refractivity contribution in [3.8, 4) is 5.75 Å². The van der Waals surface area contributed by atoms with E-state index in [4.69, 9.17) is 16.3 Å². The van der Waals surface area contributed by atoms with Gasteiger partial charge < -0.3 is 10.1 Å². The fourth-order valence-corrected chi connectivity index (χ4v) is 3.84. The molecule has 0 aliphatic heterocycles. The summed E-state index contributed by atoms with van der Waals surface area (Å²) in [5.74, 6) is -0.0360. The van der Waals surface area contributed by atoms with Gasteiger partial charge in [-0.05, 0) is 61.5 Å². The molecule has 2 N–H and O–H groups in total. The smallest absolute Gasteiger partial charge is 0.261 e. The predicted octanol–water partition coefficient (Wildman–Crippen LogP) is 4.71. The van der Waals surface area contributed by atoms with Gasteiger partial charge in [-0.15, -0.1) is 0 Å². The van der Waals surface area contributed by atoms with Crippen molar-refractivity contribution in [2.75, 3.05) is 17.1 Å². The van der Waals surface area contributed by atoms with E-state index in [0.29, 0.717) is 22.1 Å². The average molecular weight is 431 g/mol. The number of halogens is 1. The normalized spacial score (nSPS) is 11.0. The number of hydrogen-bond donors (Lipinski definition) is 2. The van der Waals surface area contributed by atoms with Gasteiger partial charge in [0.25, 0.3) is 15.9 Å². The van der Waals surface area contributed by atoms with Crippen molar-refractivity contribution in [3.05, 3.63) is 82.9 Å². The van der Waals surface area contributed by atoms with E-state index in [1.165, 1.54) is 37.4 Å². The van der Waals surface area contributed by atoms with Crippen molar-refractivity contribution in [1.82, 2.24) is 0 Å². The number of aryl methyl sites for hydroxylation is 1. The average Bonchev–Trinajstić information content (AvgIpc) is 2.70. The van der Waals surface area contributed by atoms with Crippen LogP contribution < -0.4 is 14.8 Å². The minimum absolute atomic E-state index is 0.0800. The highest BCUT2D eigenvalue weighted by atomic mass is 35.5. The molecule has 0 atom stereocenters. The van der Waals surface area contributed by atoms with Crippen LogP contribution in [0.5, 0.6) is 5.75 Å². The molecule has 0 radical (unpaired) electrons. The van der Waals surface area contributed by atoms with Crippen LogP contribution >= 0.6 is 11.6 Å². The Morgan fingerprint density at radius 2 is 1.55 bits per heavy atom. The largest absolute Gasteiger partial charge is 0.496 e. The van der Waals surface area contributed by atoms with E-state index in [1.807, 2.05) is 19.1 Å². The van der Waals surface area contributed by atoms with E-state index < -0.39 is 15.9 Å². The summed E-state index contributed by atoms with van der Waals surface area (Å²) in [6.07, 6.45) is 0. The van der Waals surface area contributed by atoms with Crippen LogP contribution in [0.2, 0.25) is 5.02 Å². The van der Waals surface area contributed by atoms with Crippen LogP contribution in [-0.4, -0.2) is 21.4 Å². The monoisotopic (exact) mass is 430 g/mol. The number of carbonyl (C=O) groups is 1. The third-order valence-corrected chi connectivity index (χ3v) is 5.76. The molecule has 0 aliphatic carbocycles. The Labute approximate surface area is 174 Å². The maximum absolute atomic E-state index is 12.5. The predicted molar refractivity (Wildman–Crippen MR) is 114 cm³/mol. The lowest BCUT2D eigenvalue weighted by Gasteiger charge is -2.11. The molecule has 29 heavy (non-hydrogen) atoms. The van der Waals surface area contributed by atoms with Gasteiger partial charge in [0, 0.05) is 16.4 Å². The van der Waals surface area contributed by atoms with Gasteiger partial charge in [0.05, 0.1) is 17.6 Å². The number of ether oxygens (including phenoxy) is 1. The van der Waals surface area contributed by atoms with Crippen molar-refractivity contribution >= 4 is 38.9 Å². The van der Waals surface area contributed by atoms with Gasteiger partial charge in [-0.2, -0.15) is 0 Å². The lowest BCUT2D eigenvalue weighted by atomic mass is 10.2. The molecular formula is C21H19ClN2O4S. The summed E-state index contributed by atoms with van der Waals surface area (Å²) in [6.45, 7) is 1.92. The quantitative estimate of drug-likeness (QED) is 0.593. The lowest BCUT2D eigenvalue weighted by Crippen LogP contribution is -2.14. The molecule has 0 bridgehead atoms. The minimum atomic E-state index is -3.74. The summed E-state index contributed by atoms with van der Waals surface area (Å²) in [4.78, 5) is 12.6. The molecule has 0 heterocycles. The molecule has 0 saturated heterocycles. The standard InChI is InChI=1S/C21H19ClN2O4S/c1-14-3-6-17(7-4-14)24-29(26,27)18-10-8-16(9-11-18)23-21(25)19-13-15(22)5-12-20(19)28-2/h3-13,24H,1-2H3,(H,23,25). The fourth-order valence-electron chi connectivity index (χ4n) is 2.61. The Balaban J connectivity index is 1.75. The van der Waals surface area contributed by atoms with E-state index in [9.17, 15) is 13.2 Å². The number of anilines is 2. The van der Waals surface area contributed by atoms with Gasteiger partial charge in [-0.3, -0.25) is 9.52 Å². The van der Waals surface area contributed by atoms with E-state index >= 15 is 0 Å². The first kappa shape index (κ1) is 20.7. The molecule has 8 heteroatoms. The van der Waals surface area contributed by atoms with Crippen molar-refractivity contribution < 1.29 is 17.9 Å². The Kier molecular flexibility index (Phi) is 6.10. The summed E-state index contributed by atoms with van der Waals surface area (Å²) < 4.78 is 32.8. The number of amides is 1. The Bertz CT molecular complexity index is 1130. The Hall–Kier alpha value is -3.03. The zero-order chi connectivity index (χ0) is 21.0. The number of carbonyl (C=O) groups excluding carboxylic acids is 1. The van der Waals surface area contributed by atoms with Crippen LogP contribution in [-0.2, 0) is 10.0 Å². The van der Waals surface area contributed by atoms with Gasteiger partial charge in [0.2, 0.25) is 0 Å². The molecule has 1 amide bonds. The number of methoxy groups -OCH3 is 1. The molecule has 0 aromatic heterocycles. The molecule has 0 unspecified atom stereocenters.